The van der Waals surface area contributed by atoms with Crippen molar-refractivity contribution in [2.45, 2.75) is 38.8 Å². The van der Waals surface area contributed by atoms with Crippen LogP contribution in [0.25, 0.3) is 0 Å². The summed E-state index contributed by atoms with van der Waals surface area (Å²) in [4.78, 5) is 2.22. The molecule has 1 unspecified atom stereocenters. The summed E-state index contributed by atoms with van der Waals surface area (Å²) < 4.78 is 13.4. The molecule has 0 aromatic heterocycles. The minimum absolute atomic E-state index is 0.0152. The Morgan fingerprint density at radius 1 is 1.50 bits per heavy atom. The summed E-state index contributed by atoms with van der Waals surface area (Å²) in [5.74, 6) is -0.236. The lowest BCUT2D eigenvalue weighted by Crippen LogP contribution is -2.61. The normalized spacial score (nSPS) is 23.2. The lowest BCUT2D eigenvalue weighted by atomic mass is 9.97. The Morgan fingerprint density at radius 2 is 2.22 bits per heavy atom. The molecule has 1 heterocycles. The molecule has 1 aliphatic rings. The molecule has 0 aliphatic carbocycles. The van der Waals surface area contributed by atoms with Gasteiger partial charge in [-0.15, -0.1) is 0 Å². The molecule has 0 bridgehead atoms. The van der Waals surface area contributed by atoms with E-state index in [1.165, 1.54) is 12.1 Å². The second kappa shape index (κ2) is 5.06. The maximum atomic E-state index is 13.4. The van der Waals surface area contributed by atoms with E-state index in [2.05, 4.69) is 31.0 Å². The molecule has 18 heavy (non-hydrogen) atoms. The van der Waals surface area contributed by atoms with Gasteiger partial charge in [0.15, 0.2) is 0 Å². The van der Waals surface area contributed by atoms with E-state index in [1.54, 1.807) is 6.07 Å². The highest BCUT2D eigenvalue weighted by Crippen LogP contribution is 2.31. The first kappa shape index (κ1) is 13.6. The predicted molar refractivity (Wildman–Crippen MR) is 74.9 cm³/mol. The van der Waals surface area contributed by atoms with Crippen molar-refractivity contribution in [1.82, 2.24) is 5.32 Å². The molecule has 1 fully saturated rings. The second-order valence-corrected chi connectivity index (χ2v) is 5.96. The first-order valence-corrected chi connectivity index (χ1v) is 6.77. The Hall–Kier alpha value is -0.800. The summed E-state index contributed by atoms with van der Waals surface area (Å²) in [6, 6.07) is 4.93. The maximum Gasteiger partial charge on any atom is 0.125 e. The number of nitrogens with zero attached hydrogens (tertiary/aromatic N) is 1. The van der Waals surface area contributed by atoms with Crippen molar-refractivity contribution in [2.24, 2.45) is 0 Å². The Morgan fingerprint density at radius 3 is 2.89 bits per heavy atom. The minimum Gasteiger partial charge on any atom is -0.364 e. The van der Waals surface area contributed by atoms with Crippen LogP contribution in [0.2, 0.25) is 5.02 Å². The maximum absolute atomic E-state index is 13.4. The van der Waals surface area contributed by atoms with Crippen molar-refractivity contribution in [1.29, 1.82) is 0 Å². The molecule has 2 nitrogen and oxygen atoms in total. The van der Waals surface area contributed by atoms with Crippen LogP contribution in [-0.4, -0.2) is 24.7 Å². The highest BCUT2D eigenvalue weighted by atomic mass is 35.5. The average Bonchev–Trinajstić information content (AvgIpc) is 2.31. The Bertz CT molecular complexity index is 434. The van der Waals surface area contributed by atoms with Crippen molar-refractivity contribution < 1.29 is 4.39 Å². The summed E-state index contributed by atoms with van der Waals surface area (Å²) >= 11 is 6.22. The van der Waals surface area contributed by atoms with E-state index in [4.69, 9.17) is 11.6 Å². The van der Waals surface area contributed by atoms with E-state index in [0.717, 1.165) is 25.2 Å². The number of nitrogens with one attached hydrogen (secondary N) is 1. The smallest absolute Gasteiger partial charge is 0.125 e. The molecule has 1 N–H and O–H groups in total. The zero-order valence-corrected chi connectivity index (χ0v) is 11.9. The third-order valence-electron chi connectivity index (χ3n) is 3.51. The fourth-order valence-electron chi connectivity index (χ4n) is 2.47. The molecule has 0 amide bonds. The van der Waals surface area contributed by atoms with E-state index in [1.807, 2.05) is 0 Å². The van der Waals surface area contributed by atoms with E-state index >= 15 is 0 Å². The summed E-state index contributed by atoms with van der Waals surface area (Å²) in [5.41, 5.74) is 0.819. The van der Waals surface area contributed by atoms with E-state index in [0.29, 0.717) is 11.1 Å². The van der Waals surface area contributed by atoms with Crippen molar-refractivity contribution in [3.8, 4) is 0 Å². The zero-order chi connectivity index (χ0) is 13.3. The van der Waals surface area contributed by atoms with Gasteiger partial charge in [0.2, 0.25) is 0 Å². The molecule has 100 valence electrons. The molecule has 1 saturated heterocycles. The van der Waals surface area contributed by atoms with Crippen molar-refractivity contribution in [3.63, 3.8) is 0 Å². The van der Waals surface area contributed by atoms with Crippen LogP contribution in [0.4, 0.5) is 10.1 Å². The molecule has 4 heteroatoms. The van der Waals surface area contributed by atoms with Crippen molar-refractivity contribution >= 4 is 17.3 Å². The van der Waals surface area contributed by atoms with Gasteiger partial charge in [0.05, 0.1) is 10.7 Å². The predicted octanol–water partition coefficient (Wildman–Crippen LogP) is 3.45. The van der Waals surface area contributed by atoms with Crippen molar-refractivity contribution in [2.75, 3.05) is 18.0 Å². The van der Waals surface area contributed by atoms with Gasteiger partial charge >= 0.3 is 0 Å². The first-order valence-electron chi connectivity index (χ1n) is 6.39. The molecule has 1 atom stereocenters. The van der Waals surface area contributed by atoms with E-state index < -0.39 is 0 Å². The van der Waals surface area contributed by atoms with Crippen LogP contribution in [0.15, 0.2) is 18.2 Å². The molecular weight excluding hydrogens is 251 g/mol. The Labute approximate surface area is 113 Å². The van der Waals surface area contributed by atoms with Crippen LogP contribution in [0.1, 0.15) is 27.2 Å². The zero-order valence-electron chi connectivity index (χ0n) is 11.1. The number of anilines is 1. The number of hydrogen-bond donors (Lipinski definition) is 1. The fraction of sp³-hybridized carbons (Fsp3) is 0.571. The van der Waals surface area contributed by atoms with Gasteiger partial charge in [-0.1, -0.05) is 18.5 Å². The molecule has 1 aliphatic heterocycles. The van der Waals surface area contributed by atoms with Gasteiger partial charge in [-0.05, 0) is 38.5 Å². The van der Waals surface area contributed by atoms with Gasteiger partial charge in [0, 0.05) is 24.7 Å². The van der Waals surface area contributed by atoms with Gasteiger partial charge in [0.25, 0.3) is 0 Å². The van der Waals surface area contributed by atoms with Gasteiger partial charge in [-0.25, -0.2) is 4.39 Å². The molecule has 1 aromatic carbocycles. The summed E-state index contributed by atoms with van der Waals surface area (Å²) in [6.45, 7) is 8.17. The highest BCUT2D eigenvalue weighted by molar-refractivity contribution is 6.33. The lowest BCUT2D eigenvalue weighted by molar-refractivity contribution is 0.306. The average molecular weight is 271 g/mol. The van der Waals surface area contributed by atoms with Gasteiger partial charge in [-0.3, -0.25) is 0 Å². The van der Waals surface area contributed by atoms with Crippen LogP contribution in [0, 0.1) is 5.82 Å². The molecular formula is C14H20ClFN2. The second-order valence-electron chi connectivity index (χ2n) is 5.55. The third-order valence-corrected chi connectivity index (χ3v) is 3.83. The monoisotopic (exact) mass is 270 g/mol. The Kier molecular flexibility index (Phi) is 3.83. The Balaban J connectivity index is 2.35. The fourth-order valence-corrected chi connectivity index (χ4v) is 2.69. The first-order chi connectivity index (χ1) is 8.43. The van der Waals surface area contributed by atoms with Gasteiger partial charge < -0.3 is 10.2 Å². The molecule has 0 saturated carbocycles. The molecule has 0 spiro atoms. The number of rotatable bonds is 2. The molecule has 2 rings (SSSR count). The largest absolute Gasteiger partial charge is 0.364 e. The molecule has 1 aromatic rings. The van der Waals surface area contributed by atoms with E-state index in [9.17, 15) is 4.39 Å². The van der Waals surface area contributed by atoms with Gasteiger partial charge in [0.1, 0.15) is 5.82 Å². The topological polar surface area (TPSA) is 15.3 Å². The van der Waals surface area contributed by atoms with Crippen LogP contribution in [-0.2, 0) is 0 Å². The van der Waals surface area contributed by atoms with Crippen LogP contribution >= 0.6 is 11.6 Å². The van der Waals surface area contributed by atoms with Crippen LogP contribution in [0.3, 0.4) is 0 Å². The lowest BCUT2D eigenvalue weighted by Gasteiger charge is -2.46. The standard InChI is InChI=1S/C14H20ClFN2/c1-4-11-8-17-14(2,3)9-18(11)13-7-10(16)5-6-12(13)15/h5-7,11,17H,4,8-9H2,1-3H3. The number of halogens is 2. The van der Waals surface area contributed by atoms with E-state index in [-0.39, 0.29) is 11.4 Å². The number of piperazine rings is 1. The number of hydrogen-bond acceptors (Lipinski definition) is 2. The summed E-state index contributed by atoms with van der Waals surface area (Å²) in [5, 5.41) is 4.13. The highest BCUT2D eigenvalue weighted by Gasteiger charge is 2.32. The van der Waals surface area contributed by atoms with Gasteiger partial charge in [-0.2, -0.15) is 0 Å². The minimum atomic E-state index is -0.236. The summed E-state index contributed by atoms with van der Waals surface area (Å²) in [7, 11) is 0. The molecule has 0 radical (unpaired) electrons. The van der Waals surface area contributed by atoms with Crippen LogP contribution in [0.5, 0.6) is 0 Å². The SMILES string of the molecule is CCC1CNC(C)(C)CN1c1cc(F)ccc1Cl. The van der Waals surface area contributed by atoms with Crippen LogP contribution < -0.4 is 10.2 Å². The van der Waals surface area contributed by atoms with Crippen molar-refractivity contribution in [3.05, 3.63) is 29.0 Å². The number of benzene rings is 1. The quantitative estimate of drug-likeness (QED) is 0.886. The summed E-state index contributed by atoms with van der Waals surface area (Å²) in [6.07, 6.45) is 1.01. The third kappa shape index (κ3) is 2.78.